The highest BCUT2D eigenvalue weighted by molar-refractivity contribution is 7.89. The minimum absolute atomic E-state index is 0.213. The van der Waals surface area contributed by atoms with Crippen molar-refractivity contribution in [3.63, 3.8) is 0 Å². The quantitative estimate of drug-likeness (QED) is 0.772. The predicted molar refractivity (Wildman–Crippen MR) is 76.1 cm³/mol. The fourth-order valence-corrected chi connectivity index (χ4v) is 4.28. The molecule has 0 aromatic carbocycles. The van der Waals surface area contributed by atoms with E-state index >= 15 is 0 Å². The van der Waals surface area contributed by atoms with Crippen molar-refractivity contribution < 1.29 is 8.42 Å². The molecule has 0 aliphatic carbocycles. The molecular formula is C13H28N2O2S. The van der Waals surface area contributed by atoms with Gasteiger partial charge in [0.15, 0.2) is 0 Å². The maximum Gasteiger partial charge on any atom is 0.217 e. The molecule has 1 heterocycles. The van der Waals surface area contributed by atoms with Gasteiger partial charge in [-0.25, -0.2) is 12.7 Å². The summed E-state index contributed by atoms with van der Waals surface area (Å²) in [5, 5.41) is 2.79. The van der Waals surface area contributed by atoms with Crippen molar-refractivity contribution >= 4 is 10.0 Å². The normalized spacial score (nSPS) is 22.2. The highest BCUT2D eigenvalue weighted by Crippen LogP contribution is 2.38. The average Bonchev–Trinajstić information content (AvgIpc) is 2.81. The Hall–Kier alpha value is -0.130. The van der Waals surface area contributed by atoms with Gasteiger partial charge in [-0.15, -0.1) is 0 Å². The molecule has 18 heavy (non-hydrogen) atoms. The summed E-state index contributed by atoms with van der Waals surface area (Å²) in [6.45, 7) is 10.9. The second kappa shape index (κ2) is 6.35. The molecule has 0 amide bonds. The molecule has 0 aromatic rings. The number of rotatable bonds is 7. The fraction of sp³-hybridized carbons (Fsp3) is 1.00. The summed E-state index contributed by atoms with van der Waals surface area (Å²) < 4.78 is 26.6. The van der Waals surface area contributed by atoms with E-state index in [0.29, 0.717) is 19.6 Å². The Balaban J connectivity index is 2.71. The molecule has 1 N–H and O–H groups in total. The van der Waals surface area contributed by atoms with Crippen LogP contribution in [0, 0.1) is 5.41 Å². The first-order valence-electron chi connectivity index (χ1n) is 7.11. The molecule has 1 aliphatic heterocycles. The van der Waals surface area contributed by atoms with E-state index < -0.39 is 10.0 Å². The van der Waals surface area contributed by atoms with E-state index in [9.17, 15) is 8.42 Å². The van der Waals surface area contributed by atoms with Crippen LogP contribution in [0.2, 0.25) is 0 Å². The summed E-state index contributed by atoms with van der Waals surface area (Å²) in [6.07, 6.45) is 3.14. The number of hydrogen-bond acceptors (Lipinski definition) is 3. The topological polar surface area (TPSA) is 49.4 Å². The predicted octanol–water partition coefficient (Wildman–Crippen LogP) is 1.83. The smallest absolute Gasteiger partial charge is 0.217 e. The minimum atomic E-state index is -3.13. The van der Waals surface area contributed by atoms with Crippen molar-refractivity contribution in [2.75, 3.05) is 26.2 Å². The number of sulfonamides is 1. The van der Waals surface area contributed by atoms with Gasteiger partial charge < -0.3 is 5.32 Å². The Kier molecular flexibility index (Phi) is 5.62. The van der Waals surface area contributed by atoms with Crippen molar-refractivity contribution in [1.29, 1.82) is 0 Å². The van der Waals surface area contributed by atoms with Crippen molar-refractivity contribution in [1.82, 2.24) is 9.62 Å². The molecule has 1 rings (SSSR count). The summed E-state index contributed by atoms with van der Waals surface area (Å²) in [7, 11) is -3.13. The van der Waals surface area contributed by atoms with Crippen LogP contribution in [0.1, 0.15) is 47.0 Å². The Morgan fingerprint density at radius 3 is 2.33 bits per heavy atom. The van der Waals surface area contributed by atoms with Gasteiger partial charge in [0.1, 0.15) is 0 Å². The summed E-state index contributed by atoms with van der Waals surface area (Å²) in [5.41, 5.74) is 0.213. The number of nitrogens with zero attached hydrogens (tertiary/aromatic N) is 1. The minimum Gasteiger partial charge on any atom is -0.316 e. The van der Waals surface area contributed by atoms with Gasteiger partial charge in [-0.2, -0.15) is 0 Å². The molecule has 0 bridgehead atoms. The van der Waals surface area contributed by atoms with E-state index in [4.69, 9.17) is 0 Å². The third kappa shape index (κ3) is 3.25. The summed E-state index contributed by atoms with van der Waals surface area (Å²) in [6, 6.07) is 0. The van der Waals surface area contributed by atoms with Crippen molar-refractivity contribution in [3.05, 3.63) is 0 Å². The first-order valence-corrected chi connectivity index (χ1v) is 8.62. The molecule has 0 aromatic heterocycles. The Morgan fingerprint density at radius 2 is 1.89 bits per heavy atom. The van der Waals surface area contributed by atoms with Gasteiger partial charge in [0.25, 0.3) is 0 Å². The molecule has 1 atom stereocenters. The maximum atomic E-state index is 12.4. The zero-order valence-corrected chi connectivity index (χ0v) is 13.0. The molecule has 1 fully saturated rings. The van der Waals surface area contributed by atoms with Gasteiger partial charge in [-0.05, 0) is 38.1 Å². The Morgan fingerprint density at radius 1 is 1.28 bits per heavy atom. The van der Waals surface area contributed by atoms with E-state index in [2.05, 4.69) is 19.2 Å². The second-order valence-electron chi connectivity index (χ2n) is 5.45. The van der Waals surface area contributed by atoms with Crippen LogP contribution in [0.4, 0.5) is 0 Å². The molecule has 0 spiro atoms. The van der Waals surface area contributed by atoms with Gasteiger partial charge in [-0.3, -0.25) is 0 Å². The van der Waals surface area contributed by atoms with Crippen LogP contribution in [0.5, 0.6) is 0 Å². The Labute approximate surface area is 112 Å². The molecule has 0 radical (unpaired) electrons. The van der Waals surface area contributed by atoms with Gasteiger partial charge in [0, 0.05) is 19.6 Å². The van der Waals surface area contributed by atoms with Crippen molar-refractivity contribution in [3.8, 4) is 0 Å². The molecule has 5 heteroatoms. The van der Waals surface area contributed by atoms with Crippen LogP contribution >= 0.6 is 0 Å². The van der Waals surface area contributed by atoms with E-state index in [1.54, 1.807) is 11.2 Å². The van der Waals surface area contributed by atoms with E-state index in [1.807, 2.05) is 6.92 Å². The summed E-state index contributed by atoms with van der Waals surface area (Å²) in [4.78, 5) is 0. The van der Waals surface area contributed by atoms with Gasteiger partial charge >= 0.3 is 0 Å². The van der Waals surface area contributed by atoms with Crippen LogP contribution in [0.3, 0.4) is 0 Å². The van der Waals surface area contributed by atoms with E-state index in [1.165, 1.54) is 0 Å². The molecule has 1 saturated heterocycles. The lowest BCUT2D eigenvalue weighted by Gasteiger charge is -2.27. The lowest BCUT2D eigenvalue weighted by Crippen LogP contribution is -2.41. The second-order valence-corrected chi connectivity index (χ2v) is 7.80. The number of hydrogen-bond donors (Lipinski definition) is 1. The van der Waals surface area contributed by atoms with Crippen LogP contribution in [0.25, 0.3) is 0 Å². The van der Waals surface area contributed by atoms with Gasteiger partial charge in [0.05, 0.1) is 5.25 Å². The zero-order chi connectivity index (χ0) is 13.8. The van der Waals surface area contributed by atoms with Crippen LogP contribution in [0.15, 0.2) is 0 Å². The highest BCUT2D eigenvalue weighted by atomic mass is 32.2. The standard InChI is InChI=1S/C13H28N2O2S/c1-5-13(6-2)8-9-15(11-13)18(16,17)12(4)10-14-7-3/h12,14H,5-11H2,1-4H3. The monoisotopic (exact) mass is 276 g/mol. The molecule has 1 aliphatic rings. The fourth-order valence-electron chi connectivity index (χ4n) is 2.65. The first-order chi connectivity index (χ1) is 8.41. The third-order valence-corrected chi connectivity index (χ3v) is 6.67. The van der Waals surface area contributed by atoms with Crippen LogP contribution in [-0.2, 0) is 10.0 Å². The van der Waals surface area contributed by atoms with Gasteiger partial charge in [0.2, 0.25) is 10.0 Å². The van der Waals surface area contributed by atoms with Crippen LogP contribution in [-0.4, -0.2) is 44.2 Å². The molecule has 0 saturated carbocycles. The Bertz CT molecular complexity index is 350. The molecular weight excluding hydrogens is 248 g/mol. The van der Waals surface area contributed by atoms with Crippen molar-refractivity contribution in [2.45, 2.75) is 52.2 Å². The lowest BCUT2D eigenvalue weighted by atomic mass is 9.82. The van der Waals surface area contributed by atoms with Crippen molar-refractivity contribution in [2.24, 2.45) is 5.41 Å². The van der Waals surface area contributed by atoms with E-state index in [-0.39, 0.29) is 10.7 Å². The van der Waals surface area contributed by atoms with Crippen LogP contribution < -0.4 is 5.32 Å². The molecule has 108 valence electrons. The summed E-state index contributed by atoms with van der Waals surface area (Å²) >= 11 is 0. The first kappa shape index (κ1) is 15.9. The highest BCUT2D eigenvalue weighted by Gasteiger charge is 2.41. The van der Waals surface area contributed by atoms with Gasteiger partial charge in [-0.1, -0.05) is 20.8 Å². The average molecular weight is 276 g/mol. The molecule has 1 unspecified atom stereocenters. The maximum absolute atomic E-state index is 12.4. The molecule has 4 nitrogen and oxygen atoms in total. The van der Waals surface area contributed by atoms with E-state index in [0.717, 1.165) is 25.8 Å². The zero-order valence-electron chi connectivity index (χ0n) is 12.2. The third-order valence-electron chi connectivity index (χ3n) is 4.45. The summed E-state index contributed by atoms with van der Waals surface area (Å²) in [5.74, 6) is 0. The number of nitrogens with one attached hydrogen (secondary N) is 1. The lowest BCUT2D eigenvalue weighted by molar-refractivity contribution is 0.279. The SMILES string of the molecule is CCNCC(C)S(=O)(=O)N1CCC(CC)(CC)C1. The largest absolute Gasteiger partial charge is 0.316 e.